The van der Waals surface area contributed by atoms with Gasteiger partial charge in [0.2, 0.25) is 10.0 Å². The molecule has 29 heavy (non-hydrogen) atoms. The molecule has 1 N–H and O–H groups in total. The van der Waals surface area contributed by atoms with E-state index in [-0.39, 0.29) is 10.9 Å². The predicted molar refractivity (Wildman–Crippen MR) is 105 cm³/mol. The second kappa shape index (κ2) is 6.78. The van der Waals surface area contributed by atoms with E-state index < -0.39 is 10.0 Å². The first kappa shape index (κ1) is 18.0. The Morgan fingerprint density at radius 2 is 1.79 bits per heavy atom. The molecule has 0 atom stereocenters. The van der Waals surface area contributed by atoms with Gasteiger partial charge in [0.25, 0.3) is 0 Å². The Balaban J connectivity index is 1.23. The van der Waals surface area contributed by atoms with Crippen LogP contribution in [0.2, 0.25) is 0 Å². The molecule has 0 bridgehead atoms. The fourth-order valence-corrected chi connectivity index (χ4v) is 5.27. The number of fused-ring (bicyclic) bond motifs is 1. The van der Waals surface area contributed by atoms with Crippen LogP contribution in [0.1, 0.15) is 5.76 Å². The zero-order valence-electron chi connectivity index (χ0n) is 15.5. The highest BCUT2D eigenvalue weighted by Crippen LogP contribution is 2.31. The van der Waals surface area contributed by atoms with Gasteiger partial charge in [-0.1, -0.05) is 0 Å². The van der Waals surface area contributed by atoms with Crippen LogP contribution in [0.3, 0.4) is 0 Å². The summed E-state index contributed by atoms with van der Waals surface area (Å²) in [5, 5.41) is 3.58. The molecule has 2 amide bonds. The van der Waals surface area contributed by atoms with E-state index in [2.05, 4.69) is 5.32 Å². The highest BCUT2D eigenvalue weighted by molar-refractivity contribution is 7.89. The molecule has 2 aliphatic rings. The van der Waals surface area contributed by atoms with Crippen molar-refractivity contribution in [1.29, 1.82) is 0 Å². The van der Waals surface area contributed by atoms with Gasteiger partial charge in [-0.25, -0.2) is 13.2 Å². The van der Waals surface area contributed by atoms with Crippen LogP contribution in [0.4, 0.5) is 4.79 Å². The molecule has 0 aliphatic carbocycles. The van der Waals surface area contributed by atoms with Gasteiger partial charge in [0.05, 0.1) is 24.0 Å². The Hall–Kier alpha value is -3.04. The molecule has 3 aromatic rings. The standard InChI is InChI=1S/C20H19N3O5S/c24-20(21-9-17-2-1-6-27-17)22-10-15-12-23(13-16(15)11-22)29(25,26)18-3-4-19-14(8-18)5-7-28-19/h1-8H,9-13H2,(H,21,24). The summed E-state index contributed by atoms with van der Waals surface area (Å²) in [6.07, 6.45) is 3.10. The smallest absolute Gasteiger partial charge is 0.318 e. The summed E-state index contributed by atoms with van der Waals surface area (Å²) in [6.45, 7) is 1.81. The van der Waals surface area contributed by atoms with Gasteiger partial charge >= 0.3 is 6.03 Å². The van der Waals surface area contributed by atoms with Gasteiger partial charge in [0.1, 0.15) is 11.3 Å². The minimum absolute atomic E-state index is 0.185. The normalized spacial score (nSPS) is 17.3. The van der Waals surface area contributed by atoms with Crippen LogP contribution in [0.15, 0.2) is 73.8 Å². The summed E-state index contributed by atoms with van der Waals surface area (Å²) in [5.74, 6) is 0.685. The van der Waals surface area contributed by atoms with Crippen molar-refractivity contribution < 1.29 is 22.0 Å². The van der Waals surface area contributed by atoms with E-state index in [0.717, 1.165) is 16.5 Å². The molecule has 8 nitrogen and oxygen atoms in total. The fraction of sp³-hybridized carbons (Fsp3) is 0.250. The lowest BCUT2D eigenvalue weighted by molar-refractivity contribution is 0.207. The average Bonchev–Trinajstić information content (AvgIpc) is 3.48. The molecule has 0 saturated carbocycles. The summed E-state index contributed by atoms with van der Waals surface area (Å²) in [6, 6.07) is 10.0. The first-order valence-electron chi connectivity index (χ1n) is 9.23. The summed E-state index contributed by atoms with van der Waals surface area (Å²) in [4.78, 5) is 14.3. The third kappa shape index (κ3) is 3.22. The number of hydrogen-bond donors (Lipinski definition) is 1. The van der Waals surface area contributed by atoms with Crippen LogP contribution in [0.5, 0.6) is 0 Å². The summed E-state index contributed by atoms with van der Waals surface area (Å²) >= 11 is 0. The first-order valence-corrected chi connectivity index (χ1v) is 10.7. The Morgan fingerprint density at radius 3 is 2.52 bits per heavy atom. The second-order valence-corrected chi connectivity index (χ2v) is 9.13. The molecule has 0 radical (unpaired) electrons. The van der Waals surface area contributed by atoms with E-state index in [1.54, 1.807) is 53.8 Å². The number of hydrogen-bond acceptors (Lipinski definition) is 5. The van der Waals surface area contributed by atoms with Crippen molar-refractivity contribution in [3.05, 3.63) is 65.8 Å². The van der Waals surface area contributed by atoms with Crippen molar-refractivity contribution in [1.82, 2.24) is 14.5 Å². The van der Waals surface area contributed by atoms with E-state index in [1.165, 1.54) is 4.31 Å². The molecule has 9 heteroatoms. The molecule has 5 rings (SSSR count). The molecule has 0 spiro atoms. The Kier molecular flexibility index (Phi) is 4.21. The quantitative estimate of drug-likeness (QED) is 0.663. The topological polar surface area (TPSA) is 96.0 Å². The number of furan rings is 2. The lowest BCUT2D eigenvalue weighted by Crippen LogP contribution is -2.41. The van der Waals surface area contributed by atoms with Gasteiger partial charge in [-0.15, -0.1) is 0 Å². The molecule has 4 heterocycles. The van der Waals surface area contributed by atoms with Gasteiger partial charge in [-0.2, -0.15) is 4.31 Å². The SMILES string of the molecule is O=C(NCc1ccco1)N1CC2=C(C1)CN(S(=O)(=O)c1ccc3occc3c1)C2. The number of rotatable bonds is 4. The van der Waals surface area contributed by atoms with Crippen LogP contribution >= 0.6 is 0 Å². The van der Waals surface area contributed by atoms with E-state index >= 15 is 0 Å². The lowest BCUT2D eigenvalue weighted by atomic mass is 10.2. The lowest BCUT2D eigenvalue weighted by Gasteiger charge is -2.23. The Morgan fingerprint density at radius 1 is 1.00 bits per heavy atom. The van der Waals surface area contributed by atoms with E-state index in [9.17, 15) is 13.2 Å². The largest absolute Gasteiger partial charge is 0.467 e. The highest BCUT2D eigenvalue weighted by atomic mass is 32.2. The molecular weight excluding hydrogens is 394 g/mol. The molecule has 2 aliphatic heterocycles. The highest BCUT2D eigenvalue weighted by Gasteiger charge is 2.37. The number of carbonyl (C=O) groups is 1. The van der Waals surface area contributed by atoms with Crippen LogP contribution in [-0.2, 0) is 16.6 Å². The van der Waals surface area contributed by atoms with Crippen molar-refractivity contribution in [2.45, 2.75) is 11.4 Å². The zero-order valence-corrected chi connectivity index (χ0v) is 16.3. The number of amides is 2. The number of benzene rings is 1. The minimum atomic E-state index is -3.61. The number of urea groups is 1. The minimum Gasteiger partial charge on any atom is -0.467 e. The molecule has 0 unspecified atom stereocenters. The first-order chi connectivity index (χ1) is 14.0. The molecule has 1 aromatic carbocycles. The molecular formula is C20H19N3O5S. The zero-order chi connectivity index (χ0) is 20.0. The molecule has 150 valence electrons. The van der Waals surface area contributed by atoms with Gasteiger partial charge in [0.15, 0.2) is 0 Å². The van der Waals surface area contributed by atoms with Crippen LogP contribution in [0.25, 0.3) is 11.0 Å². The fourth-order valence-electron chi connectivity index (χ4n) is 3.80. The third-order valence-corrected chi connectivity index (χ3v) is 7.13. The molecule has 0 fully saturated rings. The Bertz CT molecular complexity index is 1190. The van der Waals surface area contributed by atoms with Crippen molar-refractivity contribution in [3.63, 3.8) is 0 Å². The summed E-state index contributed by atoms with van der Waals surface area (Å²) in [7, 11) is -3.61. The average molecular weight is 413 g/mol. The third-order valence-electron chi connectivity index (χ3n) is 5.34. The monoisotopic (exact) mass is 413 g/mol. The maximum Gasteiger partial charge on any atom is 0.318 e. The van der Waals surface area contributed by atoms with Crippen molar-refractivity contribution in [3.8, 4) is 0 Å². The van der Waals surface area contributed by atoms with Crippen LogP contribution in [-0.4, -0.2) is 49.8 Å². The number of carbonyl (C=O) groups excluding carboxylic acids is 1. The number of nitrogens with zero attached hydrogens (tertiary/aromatic N) is 2. The number of nitrogens with one attached hydrogen (secondary N) is 1. The van der Waals surface area contributed by atoms with Gasteiger partial charge in [-0.3, -0.25) is 0 Å². The maximum absolute atomic E-state index is 13.0. The molecule has 2 aromatic heterocycles. The van der Waals surface area contributed by atoms with Gasteiger partial charge in [-0.05, 0) is 47.5 Å². The van der Waals surface area contributed by atoms with Gasteiger partial charge < -0.3 is 19.1 Å². The van der Waals surface area contributed by atoms with E-state index in [0.29, 0.717) is 44.1 Å². The molecule has 0 saturated heterocycles. The predicted octanol–water partition coefficient (Wildman–Crippen LogP) is 2.55. The number of sulfonamides is 1. The van der Waals surface area contributed by atoms with Crippen molar-refractivity contribution in [2.75, 3.05) is 26.2 Å². The van der Waals surface area contributed by atoms with Crippen molar-refractivity contribution >= 4 is 27.0 Å². The van der Waals surface area contributed by atoms with E-state index in [4.69, 9.17) is 8.83 Å². The van der Waals surface area contributed by atoms with E-state index in [1.807, 2.05) is 0 Å². The van der Waals surface area contributed by atoms with Crippen LogP contribution < -0.4 is 5.32 Å². The van der Waals surface area contributed by atoms with Gasteiger partial charge in [0, 0.05) is 31.6 Å². The second-order valence-electron chi connectivity index (χ2n) is 7.19. The maximum atomic E-state index is 13.0. The summed E-state index contributed by atoms with van der Waals surface area (Å²) in [5.41, 5.74) is 2.64. The summed E-state index contributed by atoms with van der Waals surface area (Å²) < 4.78 is 38.1. The Labute approximate surface area is 167 Å². The van der Waals surface area contributed by atoms with Crippen molar-refractivity contribution in [2.24, 2.45) is 0 Å². The van der Waals surface area contributed by atoms with Crippen LogP contribution in [0, 0.1) is 0 Å².